The molecule has 4 heteroatoms. The van der Waals surface area contributed by atoms with Gasteiger partial charge in [-0.05, 0) is 37.0 Å². The summed E-state index contributed by atoms with van der Waals surface area (Å²) in [5.74, 6) is 1.40. The van der Waals surface area contributed by atoms with E-state index in [4.69, 9.17) is 14.2 Å². The summed E-state index contributed by atoms with van der Waals surface area (Å²) >= 11 is 0. The van der Waals surface area contributed by atoms with E-state index in [0.29, 0.717) is 42.7 Å². The van der Waals surface area contributed by atoms with Gasteiger partial charge < -0.3 is 14.2 Å². The van der Waals surface area contributed by atoms with Crippen LogP contribution in [0.3, 0.4) is 0 Å². The second-order valence-electron chi connectivity index (χ2n) is 7.32. The molecule has 2 bridgehead atoms. The molecule has 0 radical (unpaired) electrons. The molecule has 5 rings (SSSR count). The first kappa shape index (κ1) is 13.1. The number of ether oxygens (including phenoxy) is 3. The first-order valence-corrected chi connectivity index (χ1v) is 8.09. The number of hydrogen-bond acceptors (Lipinski definition) is 4. The molecular weight excluding hydrogens is 256 g/mol. The summed E-state index contributed by atoms with van der Waals surface area (Å²) in [4.78, 5) is 12.4. The van der Waals surface area contributed by atoms with Crippen LogP contribution < -0.4 is 0 Å². The highest BCUT2D eigenvalue weighted by molar-refractivity contribution is 5.74. The standard InChI is InChI=1S/C16H24O4/c1-8-4-12-13(20-12)5-10(8)7-18-16(17)15-9(2)3-11-6-14(15)19-11/h8-15H,3-7H2,1-2H3. The average molecular weight is 280 g/mol. The highest BCUT2D eigenvalue weighted by Crippen LogP contribution is 2.44. The molecule has 3 saturated heterocycles. The van der Waals surface area contributed by atoms with Crippen molar-refractivity contribution < 1.29 is 19.0 Å². The number of carbonyl (C=O) groups excluding carboxylic acids is 1. The first-order chi connectivity index (χ1) is 9.61. The molecule has 4 nitrogen and oxygen atoms in total. The van der Waals surface area contributed by atoms with Gasteiger partial charge in [0.1, 0.15) is 0 Å². The van der Waals surface area contributed by atoms with E-state index in [9.17, 15) is 4.79 Å². The molecule has 0 aromatic carbocycles. The maximum absolute atomic E-state index is 12.4. The fourth-order valence-corrected chi connectivity index (χ4v) is 4.39. The Morgan fingerprint density at radius 2 is 1.75 bits per heavy atom. The third-order valence-corrected chi connectivity index (χ3v) is 5.85. The van der Waals surface area contributed by atoms with Gasteiger partial charge in [0.2, 0.25) is 0 Å². The fraction of sp³-hybridized carbons (Fsp3) is 0.938. The summed E-state index contributed by atoms with van der Waals surface area (Å²) in [5.41, 5.74) is 0. The fourth-order valence-electron chi connectivity index (χ4n) is 4.39. The van der Waals surface area contributed by atoms with Crippen molar-refractivity contribution in [3.63, 3.8) is 0 Å². The third-order valence-electron chi connectivity index (χ3n) is 5.85. The lowest BCUT2D eigenvalue weighted by molar-refractivity contribution is -0.215. The van der Waals surface area contributed by atoms with Gasteiger partial charge in [-0.15, -0.1) is 0 Å². The Balaban J connectivity index is 1.31. The Morgan fingerprint density at radius 1 is 1.00 bits per heavy atom. The zero-order chi connectivity index (χ0) is 13.9. The molecule has 0 spiro atoms. The lowest BCUT2D eigenvalue weighted by Gasteiger charge is -2.48. The number of rotatable bonds is 3. The molecular formula is C16H24O4. The molecule has 112 valence electrons. The van der Waals surface area contributed by atoms with Crippen molar-refractivity contribution in [2.24, 2.45) is 23.7 Å². The minimum absolute atomic E-state index is 0.0355. The molecule has 5 fully saturated rings. The monoisotopic (exact) mass is 280 g/mol. The van der Waals surface area contributed by atoms with Crippen LogP contribution in [0.5, 0.6) is 0 Å². The number of carbonyl (C=O) groups is 1. The molecule has 8 unspecified atom stereocenters. The highest BCUT2D eigenvalue weighted by Gasteiger charge is 2.50. The van der Waals surface area contributed by atoms with Crippen molar-refractivity contribution in [1.82, 2.24) is 0 Å². The molecule has 0 aromatic rings. The quantitative estimate of drug-likeness (QED) is 0.587. The van der Waals surface area contributed by atoms with Crippen LogP contribution in [0.4, 0.5) is 0 Å². The van der Waals surface area contributed by atoms with E-state index in [-0.39, 0.29) is 18.0 Å². The van der Waals surface area contributed by atoms with E-state index in [1.165, 1.54) is 0 Å². The Labute approximate surface area is 120 Å². The molecule has 0 N–H and O–H groups in total. The normalized spacial score (nSPS) is 52.7. The van der Waals surface area contributed by atoms with E-state index in [1.807, 2.05) is 0 Å². The lowest BCUT2D eigenvalue weighted by Crippen LogP contribution is -2.54. The van der Waals surface area contributed by atoms with Crippen molar-refractivity contribution >= 4 is 5.97 Å². The van der Waals surface area contributed by atoms with Gasteiger partial charge in [0.05, 0.1) is 36.9 Å². The SMILES string of the molecule is CC1CC2OC2CC1COC(=O)C1C(C)CC2CC1O2. The molecule has 0 aromatic heterocycles. The second kappa shape index (κ2) is 4.70. The first-order valence-electron chi connectivity index (χ1n) is 8.09. The third kappa shape index (κ3) is 2.17. The van der Waals surface area contributed by atoms with Crippen LogP contribution in [-0.4, -0.2) is 37.0 Å². The summed E-state index contributed by atoms with van der Waals surface area (Å²) in [6.07, 6.45) is 5.70. The van der Waals surface area contributed by atoms with Gasteiger partial charge in [0.15, 0.2) is 0 Å². The van der Waals surface area contributed by atoms with Crippen LogP contribution in [0.25, 0.3) is 0 Å². The van der Waals surface area contributed by atoms with Crippen molar-refractivity contribution in [1.29, 1.82) is 0 Å². The average Bonchev–Trinajstić information content (AvgIpc) is 3.11. The predicted molar refractivity (Wildman–Crippen MR) is 72.1 cm³/mol. The summed E-state index contributed by atoms with van der Waals surface area (Å²) in [6, 6.07) is 0. The number of esters is 1. The highest BCUT2D eigenvalue weighted by atomic mass is 16.6. The maximum atomic E-state index is 12.4. The van der Waals surface area contributed by atoms with Crippen LogP contribution in [-0.2, 0) is 19.0 Å². The van der Waals surface area contributed by atoms with Crippen LogP contribution in [0.15, 0.2) is 0 Å². The molecule has 2 aliphatic carbocycles. The molecule has 2 saturated carbocycles. The molecule has 3 aliphatic heterocycles. The van der Waals surface area contributed by atoms with Crippen molar-refractivity contribution in [3.05, 3.63) is 0 Å². The Bertz CT molecular complexity index is 401. The predicted octanol–water partition coefficient (Wildman–Crippen LogP) is 2.16. The largest absolute Gasteiger partial charge is 0.465 e. The van der Waals surface area contributed by atoms with Crippen LogP contribution in [0, 0.1) is 23.7 Å². The Morgan fingerprint density at radius 3 is 2.50 bits per heavy atom. The number of fused-ring (bicyclic) bond motifs is 3. The van der Waals surface area contributed by atoms with Crippen LogP contribution in [0.1, 0.15) is 39.5 Å². The van der Waals surface area contributed by atoms with Gasteiger partial charge in [0.25, 0.3) is 0 Å². The smallest absolute Gasteiger partial charge is 0.311 e. The molecule has 3 heterocycles. The van der Waals surface area contributed by atoms with E-state index >= 15 is 0 Å². The molecule has 5 aliphatic rings. The van der Waals surface area contributed by atoms with Gasteiger partial charge in [-0.1, -0.05) is 13.8 Å². The molecule has 0 amide bonds. The number of epoxide rings is 1. The second-order valence-corrected chi connectivity index (χ2v) is 7.32. The van der Waals surface area contributed by atoms with E-state index in [0.717, 1.165) is 25.7 Å². The Kier molecular flexibility index (Phi) is 3.08. The van der Waals surface area contributed by atoms with Crippen molar-refractivity contribution in [3.8, 4) is 0 Å². The Hall–Kier alpha value is -0.610. The lowest BCUT2D eigenvalue weighted by atomic mass is 9.73. The summed E-state index contributed by atoms with van der Waals surface area (Å²) in [5, 5.41) is 0. The zero-order valence-electron chi connectivity index (χ0n) is 12.3. The van der Waals surface area contributed by atoms with E-state index in [2.05, 4.69) is 13.8 Å². The molecule has 8 atom stereocenters. The van der Waals surface area contributed by atoms with Gasteiger partial charge >= 0.3 is 5.97 Å². The minimum Gasteiger partial charge on any atom is -0.465 e. The van der Waals surface area contributed by atoms with E-state index < -0.39 is 0 Å². The van der Waals surface area contributed by atoms with Crippen LogP contribution >= 0.6 is 0 Å². The maximum Gasteiger partial charge on any atom is 0.311 e. The topological polar surface area (TPSA) is 48.1 Å². The van der Waals surface area contributed by atoms with Gasteiger partial charge in [-0.25, -0.2) is 0 Å². The van der Waals surface area contributed by atoms with Gasteiger partial charge in [-0.3, -0.25) is 4.79 Å². The summed E-state index contributed by atoms with van der Waals surface area (Å²) in [7, 11) is 0. The zero-order valence-corrected chi connectivity index (χ0v) is 12.3. The number of hydrogen-bond donors (Lipinski definition) is 0. The summed E-state index contributed by atoms with van der Waals surface area (Å²) < 4.78 is 16.9. The molecule has 20 heavy (non-hydrogen) atoms. The van der Waals surface area contributed by atoms with Gasteiger partial charge in [0, 0.05) is 6.42 Å². The van der Waals surface area contributed by atoms with Crippen molar-refractivity contribution in [2.75, 3.05) is 6.61 Å². The minimum atomic E-state index is -0.0381. The van der Waals surface area contributed by atoms with Gasteiger partial charge in [-0.2, -0.15) is 0 Å². The van der Waals surface area contributed by atoms with Crippen LogP contribution in [0.2, 0.25) is 0 Å². The summed E-state index contributed by atoms with van der Waals surface area (Å²) in [6.45, 7) is 4.96. The van der Waals surface area contributed by atoms with Crippen molar-refractivity contribution in [2.45, 2.75) is 63.9 Å². The van der Waals surface area contributed by atoms with E-state index in [1.54, 1.807) is 0 Å².